The van der Waals surface area contributed by atoms with E-state index in [2.05, 4.69) is 526 Å². The van der Waals surface area contributed by atoms with Crippen LogP contribution in [0.5, 0.6) is 0 Å². The number of aromatic nitrogens is 4. The van der Waals surface area contributed by atoms with Crippen LogP contribution in [-0.2, 0) is 10.8 Å². The van der Waals surface area contributed by atoms with Crippen molar-refractivity contribution in [3.63, 3.8) is 0 Å². The molecule has 1 saturated carbocycles. The molecule has 644 valence electrons. The molecule has 0 amide bonds. The number of para-hydroxylation sites is 8. The first-order valence-electron chi connectivity index (χ1n) is 46.6. The Hall–Kier alpha value is -14.8. The number of hydrogen-bond donors (Lipinski definition) is 0. The first-order chi connectivity index (χ1) is 64.0. The van der Waals surface area contributed by atoms with Gasteiger partial charge in [-0.2, -0.15) is 0 Å². The Bertz CT molecular complexity index is 7440. The van der Waals surface area contributed by atoms with Crippen LogP contribution in [0.15, 0.2) is 425 Å². The van der Waals surface area contributed by atoms with Gasteiger partial charge in [-0.15, -0.1) is 0 Å². The van der Waals surface area contributed by atoms with E-state index in [4.69, 9.17) is 0 Å². The Balaban J connectivity index is 0.000000106. The molecule has 0 atom stereocenters. The molecule has 22 aromatic rings. The predicted octanol–water partition coefficient (Wildman–Crippen LogP) is 33.8. The molecule has 0 spiro atoms. The SMILES string of the molecule is Cc1ccc(-n2c3ccccc3c3cccc(C)c32)cc1.Cc1ccc(C(c2ccccc2)(c2ccccc2)c2ccc(C)cc2)cc1.Cc1ccc(C2(c3ccc(C)cc3)CCCCC2)cc1.Cc1cccc2c1c1c(C)cccc1n2-c1ccccc1.Cc1cccc2c1c1cccc(C)c1n2-c1ccccc1.Cc1cccc2c3cccc(C)c3n(-c3ccccc3)c12. The van der Waals surface area contributed by atoms with E-state index in [9.17, 15) is 0 Å². The molecular formula is C127H116N4. The van der Waals surface area contributed by atoms with Crippen LogP contribution in [0.2, 0.25) is 0 Å². The lowest BCUT2D eigenvalue weighted by atomic mass is 9.65. The summed E-state index contributed by atoms with van der Waals surface area (Å²) in [6.07, 6.45) is 6.67. The fourth-order valence-electron chi connectivity index (χ4n) is 20.7. The number of aryl methyl sites for hydroxylation is 12. The third-order valence-electron chi connectivity index (χ3n) is 27.2. The standard InChI is InChI=1S/C27H24.4C20H17N.C20H24/c1-21-13-17-25(18-14-21)27(23-9-5-3-6-10-23,24-11-7-4-8-12-24)26-19-15-22(2)16-20-26;1-14-10-12-16(13-11-14)21-19-9-4-3-7-17(19)18-8-5-6-15(2)20(18)21;1-14-8-7-13-18-19(14)17-12-6-9-15(2)20(17)21(18)16-10-4-3-5-11-16;1-14-8-6-12-17-19(14)20-15(2)9-7-13-18(20)21(17)16-10-4-3-5-11-16;1-14-8-6-12-17-18-13-7-9-15(2)20(18)21(19(14)17)16-10-4-3-5-11-16;1-16-6-10-18(11-7-16)20(14-4-3-5-15-20)19-12-8-17(2)9-13-19/h3-20H,1-2H3;4*3-13H,1-2H3;6-13H,3-5,14-15H2,1-2H3. The summed E-state index contributed by atoms with van der Waals surface area (Å²) < 4.78 is 9.52. The van der Waals surface area contributed by atoms with Crippen LogP contribution in [0.3, 0.4) is 0 Å². The van der Waals surface area contributed by atoms with Crippen LogP contribution in [-0.4, -0.2) is 18.3 Å². The van der Waals surface area contributed by atoms with Crippen LogP contribution in [0.25, 0.3) is 110 Å². The number of rotatable bonds is 10. The van der Waals surface area contributed by atoms with Crippen molar-refractivity contribution in [1.82, 2.24) is 18.3 Å². The molecule has 18 aromatic carbocycles. The lowest BCUT2D eigenvalue weighted by molar-refractivity contribution is 0.346. The van der Waals surface area contributed by atoms with Gasteiger partial charge in [0.25, 0.3) is 0 Å². The number of fused-ring (bicyclic) bond motifs is 12. The monoisotopic (exact) mass is 1700 g/mol. The normalized spacial score (nSPS) is 12.3. The minimum atomic E-state index is -0.343. The Morgan fingerprint density at radius 2 is 0.443 bits per heavy atom. The molecule has 0 saturated heterocycles. The molecule has 0 aliphatic heterocycles. The van der Waals surface area contributed by atoms with Crippen LogP contribution < -0.4 is 0 Å². The Kier molecular flexibility index (Phi) is 25.3. The average Bonchev–Trinajstić information content (AvgIpc) is 1.23. The first-order valence-corrected chi connectivity index (χ1v) is 46.6. The van der Waals surface area contributed by atoms with E-state index >= 15 is 0 Å². The van der Waals surface area contributed by atoms with E-state index in [-0.39, 0.29) is 10.8 Å². The van der Waals surface area contributed by atoms with Gasteiger partial charge in [0.1, 0.15) is 0 Å². The van der Waals surface area contributed by atoms with Crippen molar-refractivity contribution in [1.29, 1.82) is 0 Å². The Labute approximate surface area is 773 Å². The zero-order valence-electron chi connectivity index (χ0n) is 77.7. The molecule has 4 nitrogen and oxygen atoms in total. The lowest BCUT2D eigenvalue weighted by Gasteiger charge is -2.38. The Morgan fingerprint density at radius 3 is 0.855 bits per heavy atom. The van der Waals surface area contributed by atoms with E-state index in [0.29, 0.717) is 0 Å². The molecule has 0 bridgehead atoms. The molecule has 131 heavy (non-hydrogen) atoms. The van der Waals surface area contributed by atoms with Crippen LogP contribution in [0.4, 0.5) is 0 Å². The highest BCUT2D eigenvalue weighted by atomic mass is 15.0. The lowest BCUT2D eigenvalue weighted by Crippen LogP contribution is -2.31. The summed E-state index contributed by atoms with van der Waals surface area (Å²) in [7, 11) is 0. The molecule has 0 N–H and O–H groups in total. The highest BCUT2D eigenvalue weighted by Crippen LogP contribution is 2.48. The molecule has 4 heterocycles. The largest absolute Gasteiger partial charge is 0.309 e. The van der Waals surface area contributed by atoms with Crippen LogP contribution in [0.1, 0.15) is 132 Å². The summed E-state index contributed by atoms with van der Waals surface area (Å²) in [6, 6.07) is 153. The quantitative estimate of drug-likeness (QED) is 0.122. The number of hydrogen-bond acceptors (Lipinski definition) is 0. The van der Waals surface area contributed by atoms with Gasteiger partial charge >= 0.3 is 0 Å². The molecule has 4 aromatic heterocycles. The minimum Gasteiger partial charge on any atom is -0.309 e. The maximum Gasteiger partial charge on any atom is 0.0701 e. The van der Waals surface area contributed by atoms with Crippen molar-refractivity contribution < 1.29 is 0 Å². The van der Waals surface area contributed by atoms with Crippen molar-refractivity contribution in [2.75, 3.05) is 0 Å². The summed E-state index contributed by atoms with van der Waals surface area (Å²) in [4.78, 5) is 0. The summed E-state index contributed by atoms with van der Waals surface area (Å²) in [5.41, 5.74) is 39.1. The smallest absolute Gasteiger partial charge is 0.0701 e. The van der Waals surface area contributed by atoms with Crippen LogP contribution >= 0.6 is 0 Å². The van der Waals surface area contributed by atoms with Crippen LogP contribution in [0, 0.1) is 83.1 Å². The highest BCUT2D eigenvalue weighted by molar-refractivity contribution is 6.15. The van der Waals surface area contributed by atoms with E-state index in [1.165, 1.54) is 242 Å². The topological polar surface area (TPSA) is 19.7 Å². The average molecular weight is 1700 g/mol. The van der Waals surface area contributed by atoms with Crippen molar-refractivity contribution in [3.05, 3.63) is 525 Å². The summed E-state index contributed by atoms with van der Waals surface area (Å²) in [5, 5.41) is 10.7. The molecule has 0 unspecified atom stereocenters. The second kappa shape index (κ2) is 38.2. The van der Waals surface area contributed by atoms with Crippen molar-refractivity contribution >= 4 is 87.2 Å². The first kappa shape index (κ1) is 86.9. The van der Waals surface area contributed by atoms with Gasteiger partial charge in [0, 0.05) is 71.3 Å². The summed E-state index contributed by atoms with van der Waals surface area (Å²) in [5.74, 6) is 0. The van der Waals surface area contributed by atoms with E-state index < -0.39 is 0 Å². The summed E-state index contributed by atoms with van der Waals surface area (Å²) in [6.45, 7) is 26.1. The van der Waals surface area contributed by atoms with Gasteiger partial charge < -0.3 is 18.3 Å². The van der Waals surface area contributed by atoms with E-state index in [1.54, 1.807) is 0 Å². The van der Waals surface area contributed by atoms with Gasteiger partial charge in [0.05, 0.1) is 49.5 Å². The molecule has 1 fully saturated rings. The predicted molar refractivity (Wildman–Crippen MR) is 561 cm³/mol. The van der Waals surface area contributed by atoms with Gasteiger partial charge in [-0.3, -0.25) is 0 Å². The van der Waals surface area contributed by atoms with E-state index in [0.717, 1.165) is 0 Å². The number of benzene rings is 18. The molecule has 4 heteroatoms. The molecular weight excluding hydrogens is 1580 g/mol. The Morgan fingerprint density at radius 1 is 0.183 bits per heavy atom. The zero-order chi connectivity index (χ0) is 90.3. The fraction of sp³-hybridized carbons (Fsp3) is 0.150. The van der Waals surface area contributed by atoms with E-state index in [1.807, 2.05) is 0 Å². The second-order valence-corrected chi connectivity index (χ2v) is 36.1. The third kappa shape index (κ3) is 17.0. The van der Waals surface area contributed by atoms with Gasteiger partial charge in [-0.25, -0.2) is 0 Å². The fourth-order valence-corrected chi connectivity index (χ4v) is 20.7. The minimum absolute atomic E-state index is 0.250. The summed E-state index contributed by atoms with van der Waals surface area (Å²) >= 11 is 0. The van der Waals surface area contributed by atoms with Gasteiger partial charge in [-0.05, 0) is 241 Å². The van der Waals surface area contributed by atoms with Gasteiger partial charge in [0.15, 0.2) is 0 Å². The maximum absolute atomic E-state index is 2.40. The van der Waals surface area contributed by atoms with Crippen molar-refractivity contribution in [3.8, 4) is 22.7 Å². The third-order valence-corrected chi connectivity index (χ3v) is 27.2. The maximum atomic E-state index is 2.40. The zero-order valence-corrected chi connectivity index (χ0v) is 77.7. The molecule has 23 rings (SSSR count). The number of nitrogens with zero attached hydrogens (tertiary/aromatic N) is 4. The molecule has 0 radical (unpaired) electrons. The van der Waals surface area contributed by atoms with Crippen molar-refractivity contribution in [2.24, 2.45) is 0 Å². The van der Waals surface area contributed by atoms with Gasteiger partial charge in [-0.1, -0.05) is 399 Å². The molecule has 1 aliphatic carbocycles. The molecule has 1 aliphatic rings. The highest BCUT2D eigenvalue weighted by Gasteiger charge is 2.39. The van der Waals surface area contributed by atoms with Gasteiger partial charge in [0.2, 0.25) is 0 Å². The van der Waals surface area contributed by atoms with Crippen molar-refractivity contribution in [2.45, 2.75) is 126 Å². The second-order valence-electron chi connectivity index (χ2n) is 36.1.